The summed E-state index contributed by atoms with van der Waals surface area (Å²) >= 11 is 0. The van der Waals surface area contributed by atoms with Crippen molar-refractivity contribution in [2.24, 2.45) is 0 Å². The summed E-state index contributed by atoms with van der Waals surface area (Å²) in [5.74, 6) is 0.431. The summed E-state index contributed by atoms with van der Waals surface area (Å²) in [6.07, 6.45) is 4.26. The summed E-state index contributed by atoms with van der Waals surface area (Å²) in [5, 5.41) is 3.15. The topological polar surface area (TPSA) is 81.0 Å². The van der Waals surface area contributed by atoms with Gasteiger partial charge in [-0.25, -0.2) is 0 Å². The van der Waals surface area contributed by atoms with Crippen molar-refractivity contribution >= 4 is 11.8 Å². The molecule has 34 heavy (non-hydrogen) atoms. The predicted molar refractivity (Wildman–Crippen MR) is 126 cm³/mol. The van der Waals surface area contributed by atoms with Gasteiger partial charge < -0.3 is 24.1 Å². The predicted octanol–water partition coefficient (Wildman–Crippen LogP) is 3.72. The van der Waals surface area contributed by atoms with Gasteiger partial charge in [-0.3, -0.25) is 9.59 Å². The Morgan fingerprint density at radius 1 is 1.06 bits per heavy atom. The number of rotatable bonds is 6. The smallest absolute Gasteiger partial charge is 0.258 e. The minimum Gasteiger partial charge on any atom is -0.484 e. The van der Waals surface area contributed by atoms with Crippen molar-refractivity contribution in [2.45, 2.75) is 30.4 Å². The minimum atomic E-state index is -0.288. The number of nitrogens with zero attached hydrogens (tertiary/aromatic N) is 1. The van der Waals surface area contributed by atoms with Crippen LogP contribution in [0.4, 0.5) is 0 Å². The maximum absolute atomic E-state index is 12.8. The molecule has 1 spiro atoms. The second-order valence-electron chi connectivity index (χ2n) is 8.85. The SMILES string of the molecule is CO[C@@H]1[C@@H](NC(=O)COc2ccccc2)c2ccccc2C12CCN(C(=O)c1ccoc1)CC2. The highest BCUT2D eigenvalue weighted by Gasteiger charge is 2.54. The van der Waals surface area contributed by atoms with Crippen molar-refractivity contribution in [3.63, 3.8) is 0 Å². The van der Waals surface area contributed by atoms with Gasteiger partial charge in [-0.2, -0.15) is 0 Å². The molecule has 7 nitrogen and oxygen atoms in total. The average molecular weight is 461 g/mol. The fraction of sp³-hybridized carbons (Fsp3) is 0.333. The number of fused-ring (bicyclic) bond motifs is 2. The molecule has 5 rings (SSSR count). The standard InChI is InChI=1S/C27H28N2O5/c1-32-25-24(28-23(30)18-34-20-7-3-2-4-8-20)21-9-5-6-10-22(21)27(25)12-14-29(15-13-27)26(31)19-11-16-33-17-19/h2-11,16-17,24-25H,12-15,18H2,1H3,(H,28,30)/t24-,25+/m0/s1. The Balaban J connectivity index is 1.33. The van der Waals surface area contributed by atoms with Crippen molar-refractivity contribution in [1.82, 2.24) is 10.2 Å². The maximum Gasteiger partial charge on any atom is 0.258 e. The van der Waals surface area contributed by atoms with Crippen molar-refractivity contribution in [3.05, 3.63) is 89.9 Å². The second-order valence-corrected chi connectivity index (χ2v) is 8.85. The lowest BCUT2D eigenvalue weighted by Crippen LogP contribution is -2.52. The average Bonchev–Trinajstić information content (AvgIpc) is 3.50. The van der Waals surface area contributed by atoms with Gasteiger partial charge in [0, 0.05) is 25.6 Å². The monoisotopic (exact) mass is 460 g/mol. The van der Waals surface area contributed by atoms with Crippen LogP contribution in [0.25, 0.3) is 0 Å². The number of furan rings is 1. The molecule has 176 valence electrons. The van der Waals surface area contributed by atoms with Crippen LogP contribution < -0.4 is 10.1 Å². The molecule has 2 aromatic carbocycles. The molecule has 1 aliphatic heterocycles. The van der Waals surface area contributed by atoms with Crippen LogP contribution in [0.3, 0.4) is 0 Å². The normalized spacial score (nSPS) is 20.7. The first-order valence-corrected chi connectivity index (χ1v) is 11.5. The second kappa shape index (κ2) is 9.35. The van der Waals surface area contributed by atoms with Crippen LogP contribution in [-0.2, 0) is 14.9 Å². The van der Waals surface area contributed by atoms with Crippen LogP contribution in [0.15, 0.2) is 77.6 Å². The third-order valence-electron chi connectivity index (χ3n) is 7.07. The van der Waals surface area contributed by atoms with E-state index in [1.165, 1.54) is 18.1 Å². The van der Waals surface area contributed by atoms with Gasteiger partial charge >= 0.3 is 0 Å². The zero-order valence-corrected chi connectivity index (χ0v) is 19.1. The molecule has 0 bridgehead atoms. The van der Waals surface area contributed by atoms with E-state index in [0.29, 0.717) is 24.4 Å². The van der Waals surface area contributed by atoms with Crippen LogP contribution >= 0.6 is 0 Å². The number of hydrogen-bond donors (Lipinski definition) is 1. The first-order chi connectivity index (χ1) is 16.6. The number of methoxy groups -OCH3 is 1. The van der Waals surface area contributed by atoms with Crippen molar-refractivity contribution in [1.29, 1.82) is 0 Å². The number of likely N-dealkylation sites (tertiary alicyclic amines) is 1. The maximum atomic E-state index is 12.8. The van der Waals surface area contributed by atoms with Gasteiger partial charge in [0.15, 0.2) is 6.61 Å². The Bertz CT molecular complexity index is 1140. The molecule has 1 fully saturated rings. The van der Waals surface area contributed by atoms with Crippen LogP contribution in [0.2, 0.25) is 0 Å². The molecule has 2 heterocycles. The molecule has 2 atom stereocenters. The van der Waals surface area contributed by atoms with E-state index >= 15 is 0 Å². The first-order valence-electron chi connectivity index (χ1n) is 11.5. The zero-order valence-electron chi connectivity index (χ0n) is 19.1. The lowest BCUT2D eigenvalue weighted by molar-refractivity contribution is -0.125. The van der Waals surface area contributed by atoms with Crippen LogP contribution in [-0.4, -0.2) is 49.6 Å². The molecule has 3 aromatic rings. The lowest BCUT2D eigenvalue weighted by atomic mass is 9.71. The van der Waals surface area contributed by atoms with Gasteiger partial charge in [0.25, 0.3) is 11.8 Å². The van der Waals surface area contributed by atoms with E-state index in [1.54, 1.807) is 13.2 Å². The Labute approximate surface area is 198 Å². The summed E-state index contributed by atoms with van der Waals surface area (Å²) in [5.41, 5.74) is 2.54. The first kappa shape index (κ1) is 22.2. The fourth-order valence-corrected chi connectivity index (χ4v) is 5.48. The van der Waals surface area contributed by atoms with Crippen LogP contribution in [0.5, 0.6) is 5.75 Å². The third-order valence-corrected chi connectivity index (χ3v) is 7.07. The van der Waals surface area contributed by atoms with Crippen LogP contribution in [0, 0.1) is 0 Å². The van der Waals surface area contributed by atoms with E-state index in [0.717, 1.165) is 18.4 Å². The molecule has 1 saturated heterocycles. The van der Waals surface area contributed by atoms with Gasteiger partial charge in [-0.05, 0) is 42.2 Å². The van der Waals surface area contributed by atoms with Crippen molar-refractivity contribution in [3.8, 4) is 5.75 Å². The number of ether oxygens (including phenoxy) is 2. The van der Waals surface area contributed by atoms with E-state index in [9.17, 15) is 9.59 Å². The number of hydrogen-bond acceptors (Lipinski definition) is 5. The number of benzene rings is 2. The molecule has 1 aromatic heterocycles. The molecule has 7 heteroatoms. The number of nitrogens with one attached hydrogen (secondary N) is 1. The molecule has 1 N–H and O–H groups in total. The summed E-state index contributed by atoms with van der Waals surface area (Å²) < 4.78 is 16.8. The van der Waals surface area contributed by atoms with Gasteiger partial charge in [0.1, 0.15) is 12.0 Å². The van der Waals surface area contributed by atoms with Gasteiger partial charge in [-0.1, -0.05) is 42.5 Å². The zero-order chi connectivity index (χ0) is 23.5. The van der Waals surface area contributed by atoms with E-state index in [-0.39, 0.29) is 36.0 Å². The molecule has 2 aliphatic rings. The van der Waals surface area contributed by atoms with Gasteiger partial charge in [0.2, 0.25) is 0 Å². The molecular weight excluding hydrogens is 432 g/mol. The van der Waals surface area contributed by atoms with Crippen LogP contribution in [0.1, 0.15) is 40.4 Å². The Morgan fingerprint density at radius 2 is 1.79 bits per heavy atom. The fourth-order valence-electron chi connectivity index (χ4n) is 5.48. The largest absolute Gasteiger partial charge is 0.484 e. The molecule has 0 saturated carbocycles. The van der Waals surface area contributed by atoms with Gasteiger partial charge in [-0.15, -0.1) is 0 Å². The lowest BCUT2D eigenvalue weighted by Gasteiger charge is -2.44. The summed E-state index contributed by atoms with van der Waals surface area (Å²) in [6.45, 7) is 1.14. The number of amides is 2. The van der Waals surface area contributed by atoms with E-state index < -0.39 is 0 Å². The summed E-state index contributed by atoms with van der Waals surface area (Å²) in [4.78, 5) is 27.5. The Hall–Kier alpha value is -3.58. The Kier molecular flexibility index (Phi) is 6.11. The molecular formula is C27H28N2O5. The number of piperidine rings is 1. The number of carbonyl (C=O) groups is 2. The molecule has 1 aliphatic carbocycles. The molecule has 2 amide bonds. The minimum absolute atomic E-state index is 0.0215. The third kappa shape index (κ3) is 3.96. The van der Waals surface area contributed by atoms with E-state index in [2.05, 4.69) is 17.4 Å². The summed E-state index contributed by atoms with van der Waals surface area (Å²) in [6, 6.07) is 18.9. The van der Waals surface area contributed by atoms with Crippen molar-refractivity contribution < 1.29 is 23.5 Å². The molecule has 0 unspecified atom stereocenters. The van der Waals surface area contributed by atoms with E-state index in [1.807, 2.05) is 47.4 Å². The Morgan fingerprint density at radius 3 is 2.50 bits per heavy atom. The highest BCUT2D eigenvalue weighted by molar-refractivity contribution is 5.93. The molecule has 0 radical (unpaired) electrons. The van der Waals surface area contributed by atoms with Crippen molar-refractivity contribution in [2.75, 3.05) is 26.8 Å². The quantitative estimate of drug-likeness (QED) is 0.607. The number of para-hydroxylation sites is 1. The number of carbonyl (C=O) groups excluding carboxylic acids is 2. The van der Waals surface area contributed by atoms with E-state index in [4.69, 9.17) is 13.9 Å². The highest BCUT2D eigenvalue weighted by atomic mass is 16.5. The highest BCUT2D eigenvalue weighted by Crippen LogP contribution is 2.52. The van der Waals surface area contributed by atoms with Gasteiger partial charge in [0.05, 0.1) is 24.0 Å². The summed E-state index contributed by atoms with van der Waals surface area (Å²) in [7, 11) is 1.70.